The topological polar surface area (TPSA) is 21.3 Å². The fraction of sp³-hybridized carbons (Fsp3) is 0.400. The highest BCUT2D eigenvalue weighted by atomic mass is 19.1. The third kappa shape index (κ3) is 3.73. The van der Waals surface area contributed by atoms with Gasteiger partial charge in [0.05, 0.1) is 7.11 Å². The molecule has 122 valence electrons. The molecule has 1 unspecified atom stereocenters. The average molecular weight is 313 g/mol. The molecule has 0 bridgehead atoms. The van der Waals surface area contributed by atoms with Crippen LogP contribution in [0.5, 0.6) is 5.75 Å². The highest BCUT2D eigenvalue weighted by Gasteiger charge is 2.12. The van der Waals surface area contributed by atoms with E-state index < -0.39 is 0 Å². The van der Waals surface area contributed by atoms with Crippen LogP contribution in [0.4, 0.5) is 4.39 Å². The quantitative estimate of drug-likeness (QED) is 0.873. The zero-order valence-corrected chi connectivity index (χ0v) is 13.9. The second-order valence-electron chi connectivity index (χ2n) is 6.31. The number of aryl methyl sites for hydroxylation is 2. The van der Waals surface area contributed by atoms with E-state index >= 15 is 0 Å². The Hall–Kier alpha value is -1.87. The van der Waals surface area contributed by atoms with Crippen LogP contribution in [0.25, 0.3) is 0 Å². The average Bonchev–Trinajstić information content (AvgIpc) is 2.59. The number of hydrogen-bond acceptors (Lipinski definition) is 2. The van der Waals surface area contributed by atoms with Crippen LogP contribution in [0, 0.1) is 5.82 Å². The molecule has 0 aromatic heterocycles. The number of nitrogens with one attached hydrogen (secondary N) is 1. The van der Waals surface area contributed by atoms with E-state index in [9.17, 15) is 4.39 Å². The van der Waals surface area contributed by atoms with Crippen molar-refractivity contribution >= 4 is 0 Å². The normalized spacial score (nSPS) is 15.1. The van der Waals surface area contributed by atoms with Crippen molar-refractivity contribution in [3.8, 4) is 5.75 Å². The van der Waals surface area contributed by atoms with Crippen molar-refractivity contribution < 1.29 is 9.13 Å². The van der Waals surface area contributed by atoms with Crippen molar-refractivity contribution in [1.29, 1.82) is 0 Å². The van der Waals surface area contributed by atoms with Gasteiger partial charge in [0.2, 0.25) is 0 Å². The highest BCUT2D eigenvalue weighted by molar-refractivity contribution is 5.35. The maximum atomic E-state index is 13.7. The van der Waals surface area contributed by atoms with E-state index in [-0.39, 0.29) is 17.6 Å². The molecule has 0 heterocycles. The first-order valence-electron chi connectivity index (χ1n) is 8.35. The van der Waals surface area contributed by atoms with Gasteiger partial charge in [0.1, 0.15) is 0 Å². The second kappa shape index (κ2) is 7.14. The van der Waals surface area contributed by atoms with E-state index in [4.69, 9.17) is 4.74 Å². The molecule has 1 aliphatic rings. The van der Waals surface area contributed by atoms with Crippen LogP contribution in [0.1, 0.15) is 48.1 Å². The molecule has 2 aromatic carbocycles. The van der Waals surface area contributed by atoms with Gasteiger partial charge in [-0.05, 0) is 67.0 Å². The summed E-state index contributed by atoms with van der Waals surface area (Å²) in [6.45, 7) is 2.80. The Bertz CT molecular complexity index is 683. The number of halogens is 1. The van der Waals surface area contributed by atoms with Crippen molar-refractivity contribution in [2.75, 3.05) is 7.11 Å². The molecule has 23 heavy (non-hydrogen) atoms. The number of benzene rings is 2. The molecule has 0 saturated carbocycles. The lowest BCUT2D eigenvalue weighted by molar-refractivity contribution is 0.386. The first kappa shape index (κ1) is 16.0. The van der Waals surface area contributed by atoms with Crippen LogP contribution >= 0.6 is 0 Å². The molecule has 1 aliphatic carbocycles. The van der Waals surface area contributed by atoms with Gasteiger partial charge in [-0.15, -0.1) is 0 Å². The third-order valence-electron chi connectivity index (χ3n) is 4.70. The summed E-state index contributed by atoms with van der Waals surface area (Å²) < 4.78 is 18.7. The molecule has 2 aromatic rings. The third-order valence-corrected chi connectivity index (χ3v) is 4.70. The summed E-state index contributed by atoms with van der Waals surface area (Å²) in [5.41, 5.74) is 5.23. The van der Waals surface area contributed by atoms with Crippen LogP contribution in [0.15, 0.2) is 36.4 Å². The van der Waals surface area contributed by atoms with Crippen molar-refractivity contribution in [3.63, 3.8) is 0 Å². The van der Waals surface area contributed by atoms with Crippen LogP contribution in [-0.4, -0.2) is 7.11 Å². The van der Waals surface area contributed by atoms with Gasteiger partial charge in [-0.1, -0.05) is 24.3 Å². The molecule has 3 rings (SSSR count). The summed E-state index contributed by atoms with van der Waals surface area (Å²) in [5, 5.41) is 3.48. The minimum atomic E-state index is -0.312. The van der Waals surface area contributed by atoms with Crippen molar-refractivity contribution in [2.45, 2.75) is 45.2 Å². The molecule has 2 nitrogen and oxygen atoms in total. The van der Waals surface area contributed by atoms with Gasteiger partial charge in [0.15, 0.2) is 11.6 Å². The lowest BCUT2D eigenvalue weighted by Crippen LogP contribution is -2.18. The Labute approximate surface area is 137 Å². The van der Waals surface area contributed by atoms with Crippen molar-refractivity contribution in [3.05, 3.63) is 64.5 Å². The van der Waals surface area contributed by atoms with E-state index in [1.807, 2.05) is 6.07 Å². The molecular weight excluding hydrogens is 289 g/mol. The van der Waals surface area contributed by atoms with Crippen LogP contribution in [0.2, 0.25) is 0 Å². The SMILES string of the molecule is COc1ccc(CNC(C)c2ccc3c(c2)CCCC3)cc1F. The fourth-order valence-electron chi connectivity index (χ4n) is 3.23. The van der Waals surface area contributed by atoms with E-state index in [1.165, 1.54) is 55.5 Å². The molecular formula is C20H24FNO. The number of hydrogen-bond donors (Lipinski definition) is 1. The Morgan fingerprint density at radius 3 is 2.61 bits per heavy atom. The Balaban J connectivity index is 1.65. The molecule has 0 aliphatic heterocycles. The molecule has 0 fully saturated rings. The number of fused-ring (bicyclic) bond motifs is 1. The Morgan fingerprint density at radius 2 is 1.87 bits per heavy atom. The molecule has 3 heteroatoms. The molecule has 1 N–H and O–H groups in total. The molecule has 0 amide bonds. The summed E-state index contributed by atoms with van der Waals surface area (Å²) in [5.74, 6) is -0.0234. The Morgan fingerprint density at radius 1 is 1.09 bits per heavy atom. The van der Waals surface area contributed by atoms with E-state index in [2.05, 4.69) is 30.4 Å². The second-order valence-corrected chi connectivity index (χ2v) is 6.31. The highest BCUT2D eigenvalue weighted by Crippen LogP contribution is 2.25. The molecule has 0 spiro atoms. The standard InChI is InChI=1S/C20H24FNO/c1-14(17-9-8-16-5-3-4-6-18(16)12-17)22-13-15-7-10-20(23-2)19(21)11-15/h7-12,14,22H,3-6,13H2,1-2H3. The summed E-state index contributed by atoms with van der Waals surface area (Å²) >= 11 is 0. The summed E-state index contributed by atoms with van der Waals surface area (Å²) in [4.78, 5) is 0. The van der Waals surface area contributed by atoms with Crippen LogP contribution < -0.4 is 10.1 Å². The zero-order chi connectivity index (χ0) is 16.2. The van der Waals surface area contributed by atoms with Crippen LogP contribution in [-0.2, 0) is 19.4 Å². The number of ether oxygens (including phenoxy) is 1. The minimum absolute atomic E-state index is 0.243. The van der Waals surface area contributed by atoms with Crippen molar-refractivity contribution in [1.82, 2.24) is 5.32 Å². The predicted octanol–water partition coefficient (Wildman–Crippen LogP) is 4.56. The van der Waals surface area contributed by atoms with E-state index in [0.29, 0.717) is 6.54 Å². The Kier molecular flexibility index (Phi) is 4.97. The minimum Gasteiger partial charge on any atom is -0.494 e. The van der Waals surface area contributed by atoms with Gasteiger partial charge in [0.25, 0.3) is 0 Å². The maximum absolute atomic E-state index is 13.7. The first-order valence-corrected chi connectivity index (χ1v) is 8.35. The zero-order valence-electron chi connectivity index (χ0n) is 13.9. The summed E-state index contributed by atoms with van der Waals surface area (Å²) in [6, 6.07) is 12.2. The first-order chi connectivity index (χ1) is 11.2. The van der Waals surface area contributed by atoms with E-state index in [1.54, 1.807) is 6.07 Å². The van der Waals surface area contributed by atoms with Gasteiger partial charge < -0.3 is 10.1 Å². The van der Waals surface area contributed by atoms with Gasteiger partial charge in [-0.2, -0.15) is 0 Å². The lowest BCUT2D eigenvalue weighted by Gasteiger charge is -2.20. The summed E-state index contributed by atoms with van der Waals surface area (Å²) in [6.07, 6.45) is 5.01. The summed E-state index contributed by atoms with van der Waals surface area (Å²) in [7, 11) is 1.48. The van der Waals surface area contributed by atoms with Gasteiger partial charge in [-0.3, -0.25) is 0 Å². The van der Waals surface area contributed by atoms with Gasteiger partial charge in [0, 0.05) is 12.6 Å². The lowest BCUT2D eigenvalue weighted by atomic mass is 9.89. The largest absolute Gasteiger partial charge is 0.494 e. The van der Waals surface area contributed by atoms with Gasteiger partial charge in [-0.25, -0.2) is 4.39 Å². The molecule has 0 saturated heterocycles. The number of rotatable bonds is 5. The van der Waals surface area contributed by atoms with Crippen molar-refractivity contribution in [2.24, 2.45) is 0 Å². The number of methoxy groups -OCH3 is 1. The maximum Gasteiger partial charge on any atom is 0.165 e. The smallest absolute Gasteiger partial charge is 0.165 e. The van der Waals surface area contributed by atoms with Gasteiger partial charge >= 0.3 is 0 Å². The van der Waals surface area contributed by atoms with Crippen LogP contribution in [0.3, 0.4) is 0 Å². The fourth-order valence-corrected chi connectivity index (χ4v) is 3.23. The monoisotopic (exact) mass is 313 g/mol. The molecule has 1 atom stereocenters. The molecule has 0 radical (unpaired) electrons. The van der Waals surface area contributed by atoms with E-state index in [0.717, 1.165) is 5.56 Å². The predicted molar refractivity (Wildman–Crippen MR) is 91.3 cm³/mol.